The monoisotopic (exact) mass is 257 g/mol. The van der Waals surface area contributed by atoms with Gasteiger partial charge in [-0.15, -0.1) is 12.4 Å². The van der Waals surface area contributed by atoms with Crippen LogP contribution < -0.4 is 11.1 Å². The van der Waals surface area contributed by atoms with Crippen molar-refractivity contribution in [3.8, 4) is 0 Å². The Morgan fingerprint density at radius 1 is 1.47 bits per heavy atom. The van der Waals surface area contributed by atoms with Crippen LogP contribution in [-0.4, -0.2) is 17.4 Å². The van der Waals surface area contributed by atoms with Gasteiger partial charge in [-0.05, 0) is 17.5 Å². The van der Waals surface area contributed by atoms with Crippen molar-refractivity contribution in [1.29, 1.82) is 0 Å². The van der Waals surface area contributed by atoms with Crippen LogP contribution in [0.15, 0.2) is 18.3 Å². The molecule has 0 spiro atoms. The molecule has 0 radical (unpaired) electrons. The summed E-state index contributed by atoms with van der Waals surface area (Å²) < 4.78 is 0. The average molecular weight is 258 g/mol. The molecule has 96 valence electrons. The summed E-state index contributed by atoms with van der Waals surface area (Å²) >= 11 is 0. The summed E-state index contributed by atoms with van der Waals surface area (Å²) in [6.07, 6.45) is 1.61. The normalized spacial score (nSPS) is 10.6. The van der Waals surface area contributed by atoms with Crippen molar-refractivity contribution in [3.63, 3.8) is 0 Å². The molecule has 0 saturated heterocycles. The van der Waals surface area contributed by atoms with Crippen LogP contribution in [0, 0.1) is 5.41 Å². The van der Waals surface area contributed by atoms with Crippen LogP contribution in [0.3, 0.4) is 0 Å². The van der Waals surface area contributed by atoms with Gasteiger partial charge in [0.25, 0.3) is 5.91 Å². The number of nitrogens with one attached hydrogen (secondary N) is 1. The molecule has 17 heavy (non-hydrogen) atoms. The Kier molecular flexibility index (Phi) is 6.13. The summed E-state index contributed by atoms with van der Waals surface area (Å²) in [5.41, 5.74) is 6.89. The molecule has 1 amide bonds. The first kappa shape index (κ1) is 15.9. The van der Waals surface area contributed by atoms with Crippen molar-refractivity contribution >= 4 is 18.3 Å². The maximum absolute atomic E-state index is 11.8. The largest absolute Gasteiger partial charge is 0.352 e. The Morgan fingerprint density at radius 3 is 2.65 bits per heavy atom. The SMILES string of the molecule is CC(C)(C)CNC(=O)c1ccnc(CN)c1.Cl. The zero-order chi connectivity index (χ0) is 12.2. The molecule has 1 aromatic heterocycles. The summed E-state index contributed by atoms with van der Waals surface area (Å²) in [7, 11) is 0. The molecule has 5 heteroatoms. The standard InChI is InChI=1S/C12H19N3O.ClH/c1-12(2,3)8-15-11(16)9-4-5-14-10(6-9)7-13;/h4-6H,7-8,13H2,1-3H3,(H,15,16);1H. The number of carbonyl (C=O) groups is 1. The van der Waals surface area contributed by atoms with E-state index in [9.17, 15) is 4.79 Å². The molecule has 1 heterocycles. The van der Waals surface area contributed by atoms with Crippen molar-refractivity contribution in [2.45, 2.75) is 27.3 Å². The van der Waals surface area contributed by atoms with E-state index in [2.05, 4.69) is 31.1 Å². The lowest BCUT2D eigenvalue weighted by Gasteiger charge is -2.18. The molecule has 0 atom stereocenters. The van der Waals surface area contributed by atoms with Gasteiger partial charge in [0.2, 0.25) is 0 Å². The average Bonchev–Trinajstić information content (AvgIpc) is 2.25. The molecule has 0 saturated carbocycles. The van der Waals surface area contributed by atoms with Crippen LogP contribution in [0.1, 0.15) is 36.8 Å². The van der Waals surface area contributed by atoms with Crippen LogP contribution in [0.25, 0.3) is 0 Å². The number of hydrogen-bond acceptors (Lipinski definition) is 3. The van der Waals surface area contributed by atoms with Gasteiger partial charge in [0.05, 0.1) is 5.69 Å². The van der Waals surface area contributed by atoms with Gasteiger partial charge in [0.15, 0.2) is 0 Å². The second-order valence-corrected chi connectivity index (χ2v) is 4.98. The fraction of sp³-hybridized carbons (Fsp3) is 0.500. The minimum Gasteiger partial charge on any atom is -0.352 e. The third-order valence-corrected chi connectivity index (χ3v) is 2.07. The lowest BCUT2D eigenvalue weighted by Crippen LogP contribution is -2.32. The smallest absolute Gasteiger partial charge is 0.251 e. The molecule has 0 aliphatic heterocycles. The van der Waals surface area contributed by atoms with E-state index >= 15 is 0 Å². The summed E-state index contributed by atoms with van der Waals surface area (Å²) in [6, 6.07) is 3.41. The number of nitrogens with two attached hydrogens (primary N) is 1. The molecule has 0 bridgehead atoms. The predicted molar refractivity (Wildman–Crippen MR) is 71.2 cm³/mol. The zero-order valence-corrected chi connectivity index (χ0v) is 11.3. The number of halogens is 1. The number of hydrogen-bond donors (Lipinski definition) is 2. The van der Waals surface area contributed by atoms with Gasteiger partial charge in [-0.2, -0.15) is 0 Å². The second kappa shape index (κ2) is 6.57. The molecule has 0 aromatic carbocycles. The molecule has 3 N–H and O–H groups in total. The van der Waals surface area contributed by atoms with Crippen molar-refractivity contribution in [2.24, 2.45) is 11.1 Å². The molecule has 4 nitrogen and oxygen atoms in total. The van der Waals surface area contributed by atoms with Crippen LogP contribution in [-0.2, 0) is 6.54 Å². The molecule has 0 unspecified atom stereocenters. The fourth-order valence-corrected chi connectivity index (χ4v) is 1.18. The summed E-state index contributed by atoms with van der Waals surface area (Å²) in [4.78, 5) is 15.8. The van der Waals surface area contributed by atoms with E-state index in [0.29, 0.717) is 18.7 Å². The minimum absolute atomic E-state index is 0. The molecule has 0 aliphatic carbocycles. The maximum atomic E-state index is 11.8. The summed E-state index contributed by atoms with van der Waals surface area (Å²) in [5.74, 6) is -0.0768. The van der Waals surface area contributed by atoms with Crippen LogP contribution in [0.4, 0.5) is 0 Å². The van der Waals surface area contributed by atoms with E-state index in [-0.39, 0.29) is 23.7 Å². The van der Waals surface area contributed by atoms with E-state index in [0.717, 1.165) is 5.69 Å². The van der Waals surface area contributed by atoms with Crippen molar-refractivity contribution < 1.29 is 4.79 Å². The Bertz CT molecular complexity index is 374. The van der Waals surface area contributed by atoms with Gasteiger partial charge in [0.1, 0.15) is 0 Å². The summed E-state index contributed by atoms with van der Waals surface area (Å²) in [6.45, 7) is 7.22. The fourth-order valence-electron chi connectivity index (χ4n) is 1.18. The van der Waals surface area contributed by atoms with E-state index in [4.69, 9.17) is 5.73 Å². The van der Waals surface area contributed by atoms with Crippen LogP contribution >= 0.6 is 12.4 Å². The zero-order valence-electron chi connectivity index (χ0n) is 10.5. The third kappa shape index (κ3) is 5.65. The van der Waals surface area contributed by atoms with E-state index in [1.165, 1.54) is 0 Å². The van der Waals surface area contributed by atoms with Gasteiger partial charge in [-0.25, -0.2) is 0 Å². The first-order valence-electron chi connectivity index (χ1n) is 5.35. The second-order valence-electron chi connectivity index (χ2n) is 4.98. The predicted octanol–water partition coefficient (Wildman–Crippen LogP) is 1.74. The molecule has 1 aromatic rings. The quantitative estimate of drug-likeness (QED) is 0.867. The Morgan fingerprint density at radius 2 is 2.12 bits per heavy atom. The number of nitrogens with zero attached hydrogens (tertiary/aromatic N) is 1. The van der Waals surface area contributed by atoms with Crippen molar-refractivity contribution in [1.82, 2.24) is 10.3 Å². The maximum Gasteiger partial charge on any atom is 0.251 e. The van der Waals surface area contributed by atoms with E-state index in [1.54, 1.807) is 18.3 Å². The molecular weight excluding hydrogens is 238 g/mol. The van der Waals surface area contributed by atoms with Crippen molar-refractivity contribution in [3.05, 3.63) is 29.6 Å². The first-order chi connectivity index (χ1) is 7.42. The number of carbonyl (C=O) groups excluding carboxylic acids is 1. The third-order valence-electron chi connectivity index (χ3n) is 2.07. The van der Waals surface area contributed by atoms with Gasteiger partial charge in [-0.3, -0.25) is 9.78 Å². The number of rotatable bonds is 3. The van der Waals surface area contributed by atoms with Gasteiger partial charge in [0, 0.05) is 24.8 Å². The Balaban J connectivity index is 0.00000256. The molecule has 0 aliphatic rings. The Hall–Kier alpha value is -1.13. The van der Waals surface area contributed by atoms with E-state index in [1.807, 2.05) is 0 Å². The van der Waals surface area contributed by atoms with Crippen LogP contribution in [0.5, 0.6) is 0 Å². The highest BCUT2D eigenvalue weighted by molar-refractivity contribution is 5.94. The lowest BCUT2D eigenvalue weighted by atomic mass is 9.97. The summed E-state index contributed by atoms with van der Waals surface area (Å²) in [5, 5.41) is 2.88. The van der Waals surface area contributed by atoms with E-state index < -0.39 is 0 Å². The van der Waals surface area contributed by atoms with Gasteiger partial charge >= 0.3 is 0 Å². The lowest BCUT2D eigenvalue weighted by molar-refractivity contribution is 0.0939. The number of aromatic nitrogens is 1. The highest BCUT2D eigenvalue weighted by atomic mass is 35.5. The van der Waals surface area contributed by atoms with Crippen LogP contribution in [0.2, 0.25) is 0 Å². The first-order valence-corrected chi connectivity index (χ1v) is 5.35. The highest BCUT2D eigenvalue weighted by Gasteiger charge is 2.13. The highest BCUT2D eigenvalue weighted by Crippen LogP contribution is 2.11. The van der Waals surface area contributed by atoms with Crippen molar-refractivity contribution in [2.75, 3.05) is 6.54 Å². The van der Waals surface area contributed by atoms with Gasteiger partial charge < -0.3 is 11.1 Å². The number of pyridine rings is 1. The molecule has 1 rings (SSSR count). The Labute approximate surface area is 108 Å². The minimum atomic E-state index is -0.0768. The van der Waals surface area contributed by atoms with Gasteiger partial charge in [-0.1, -0.05) is 20.8 Å². The number of amides is 1. The topological polar surface area (TPSA) is 68.0 Å². The molecule has 0 fully saturated rings. The molecular formula is C12H20ClN3O.